The van der Waals surface area contributed by atoms with Gasteiger partial charge in [0.2, 0.25) is 5.91 Å². The third kappa shape index (κ3) is 5.62. The number of nitrogens with zero attached hydrogens (tertiary/aromatic N) is 2. The summed E-state index contributed by atoms with van der Waals surface area (Å²) in [7, 11) is 0. The Kier molecular flexibility index (Phi) is 7.31. The molecule has 5 nitrogen and oxygen atoms in total. The van der Waals surface area contributed by atoms with Crippen LogP contribution in [0.3, 0.4) is 0 Å². The molecule has 3 aromatic carbocycles. The van der Waals surface area contributed by atoms with Gasteiger partial charge in [-0.2, -0.15) is 0 Å². The fourth-order valence-corrected chi connectivity index (χ4v) is 4.08. The lowest BCUT2D eigenvalue weighted by Crippen LogP contribution is -2.49. The summed E-state index contributed by atoms with van der Waals surface area (Å²) in [6, 6.07) is 29.4. The molecular formula is C27H29N3O2. The molecular weight excluding hydrogens is 398 g/mol. The molecule has 2 amide bonds. The van der Waals surface area contributed by atoms with Gasteiger partial charge >= 0.3 is 0 Å². The van der Waals surface area contributed by atoms with Crippen molar-refractivity contribution in [3.05, 3.63) is 108 Å². The van der Waals surface area contributed by atoms with Crippen LogP contribution in [0.1, 0.15) is 33.9 Å². The van der Waals surface area contributed by atoms with E-state index in [9.17, 15) is 9.59 Å². The van der Waals surface area contributed by atoms with E-state index in [-0.39, 0.29) is 17.9 Å². The van der Waals surface area contributed by atoms with E-state index < -0.39 is 0 Å². The van der Waals surface area contributed by atoms with Crippen molar-refractivity contribution in [2.24, 2.45) is 0 Å². The van der Waals surface area contributed by atoms with E-state index in [0.29, 0.717) is 26.1 Å². The average molecular weight is 428 g/mol. The summed E-state index contributed by atoms with van der Waals surface area (Å²) in [5.74, 6) is 0.113. The molecule has 0 atom stereocenters. The van der Waals surface area contributed by atoms with Crippen LogP contribution in [0.5, 0.6) is 0 Å². The number of benzene rings is 3. The number of rotatable bonds is 7. The van der Waals surface area contributed by atoms with E-state index >= 15 is 0 Å². The molecule has 1 aliphatic heterocycles. The number of piperazine rings is 1. The molecule has 0 aliphatic carbocycles. The molecule has 1 saturated heterocycles. The van der Waals surface area contributed by atoms with Gasteiger partial charge in [0.1, 0.15) is 0 Å². The molecule has 164 valence electrons. The molecule has 4 rings (SSSR count). The van der Waals surface area contributed by atoms with Crippen molar-refractivity contribution in [1.29, 1.82) is 0 Å². The zero-order valence-electron chi connectivity index (χ0n) is 18.2. The standard InChI is InChI=1S/C27H29N3O2/c31-25(28-26(22-10-4-1-5-11-22)23-12-6-2-7-13-23)16-17-29-18-20-30(21-19-29)27(32)24-14-8-3-9-15-24/h1-15,26H,16-21H2,(H,28,31). The second kappa shape index (κ2) is 10.7. The van der Waals surface area contributed by atoms with Crippen LogP contribution in [0.4, 0.5) is 0 Å². The van der Waals surface area contributed by atoms with E-state index in [1.165, 1.54) is 0 Å². The van der Waals surface area contributed by atoms with Crippen molar-refractivity contribution in [3.8, 4) is 0 Å². The molecule has 5 heteroatoms. The summed E-state index contributed by atoms with van der Waals surface area (Å²) >= 11 is 0. The van der Waals surface area contributed by atoms with Gasteiger partial charge in [0, 0.05) is 44.7 Å². The van der Waals surface area contributed by atoms with Gasteiger partial charge in [-0.05, 0) is 23.3 Å². The molecule has 0 unspecified atom stereocenters. The Balaban J connectivity index is 1.29. The molecule has 1 aliphatic rings. The summed E-state index contributed by atoms with van der Waals surface area (Å²) in [5, 5.41) is 3.21. The van der Waals surface area contributed by atoms with Gasteiger partial charge in [0.15, 0.2) is 0 Å². The molecule has 1 N–H and O–H groups in total. The van der Waals surface area contributed by atoms with E-state index in [4.69, 9.17) is 0 Å². The molecule has 0 spiro atoms. The first-order valence-electron chi connectivity index (χ1n) is 11.2. The highest BCUT2D eigenvalue weighted by molar-refractivity contribution is 5.94. The van der Waals surface area contributed by atoms with E-state index in [0.717, 1.165) is 29.8 Å². The quantitative estimate of drug-likeness (QED) is 0.625. The molecule has 32 heavy (non-hydrogen) atoms. The number of carbonyl (C=O) groups is 2. The largest absolute Gasteiger partial charge is 0.345 e. The van der Waals surface area contributed by atoms with E-state index in [1.54, 1.807) is 0 Å². The summed E-state index contributed by atoms with van der Waals surface area (Å²) < 4.78 is 0. The zero-order chi connectivity index (χ0) is 22.2. The van der Waals surface area contributed by atoms with Gasteiger partial charge in [-0.1, -0.05) is 78.9 Å². The molecule has 1 fully saturated rings. The minimum atomic E-state index is -0.162. The maximum Gasteiger partial charge on any atom is 0.253 e. The topological polar surface area (TPSA) is 52.7 Å². The highest BCUT2D eigenvalue weighted by atomic mass is 16.2. The third-order valence-corrected chi connectivity index (χ3v) is 5.91. The van der Waals surface area contributed by atoms with Gasteiger partial charge < -0.3 is 10.2 Å². The Labute approximate surface area is 189 Å². The van der Waals surface area contributed by atoms with Crippen LogP contribution in [-0.2, 0) is 4.79 Å². The molecule has 0 radical (unpaired) electrons. The van der Waals surface area contributed by atoms with Crippen LogP contribution in [-0.4, -0.2) is 54.3 Å². The van der Waals surface area contributed by atoms with Crippen molar-refractivity contribution in [3.63, 3.8) is 0 Å². The van der Waals surface area contributed by atoms with Crippen molar-refractivity contribution >= 4 is 11.8 Å². The maximum atomic E-state index is 12.8. The minimum Gasteiger partial charge on any atom is -0.345 e. The van der Waals surface area contributed by atoms with Gasteiger partial charge in [-0.25, -0.2) is 0 Å². The van der Waals surface area contributed by atoms with Crippen LogP contribution in [0, 0.1) is 0 Å². The van der Waals surface area contributed by atoms with Crippen molar-refractivity contribution in [2.45, 2.75) is 12.5 Å². The summed E-state index contributed by atoms with van der Waals surface area (Å²) in [6.45, 7) is 3.63. The number of nitrogens with one attached hydrogen (secondary N) is 1. The number of amides is 2. The number of hydrogen-bond donors (Lipinski definition) is 1. The first kappa shape index (κ1) is 21.8. The Morgan fingerprint density at radius 2 is 1.22 bits per heavy atom. The highest BCUT2D eigenvalue weighted by Crippen LogP contribution is 2.22. The highest BCUT2D eigenvalue weighted by Gasteiger charge is 2.23. The Morgan fingerprint density at radius 3 is 1.75 bits per heavy atom. The van der Waals surface area contributed by atoms with Gasteiger partial charge in [-0.15, -0.1) is 0 Å². The van der Waals surface area contributed by atoms with Crippen LogP contribution < -0.4 is 5.32 Å². The molecule has 0 saturated carbocycles. The lowest BCUT2D eigenvalue weighted by molar-refractivity contribution is -0.122. The predicted molar refractivity (Wildman–Crippen MR) is 126 cm³/mol. The molecule has 0 bridgehead atoms. The van der Waals surface area contributed by atoms with Crippen LogP contribution >= 0.6 is 0 Å². The van der Waals surface area contributed by atoms with Gasteiger partial charge in [-0.3, -0.25) is 14.5 Å². The van der Waals surface area contributed by atoms with Crippen LogP contribution in [0.15, 0.2) is 91.0 Å². The average Bonchev–Trinajstić information content (AvgIpc) is 2.87. The normalized spacial score (nSPS) is 14.3. The first-order chi connectivity index (χ1) is 15.7. The summed E-state index contributed by atoms with van der Waals surface area (Å²) in [6.07, 6.45) is 0.433. The van der Waals surface area contributed by atoms with Crippen molar-refractivity contribution < 1.29 is 9.59 Å². The summed E-state index contributed by atoms with van der Waals surface area (Å²) in [5.41, 5.74) is 2.87. The Bertz CT molecular complexity index is 961. The smallest absolute Gasteiger partial charge is 0.253 e. The fourth-order valence-electron chi connectivity index (χ4n) is 4.08. The van der Waals surface area contributed by atoms with E-state index in [2.05, 4.69) is 10.2 Å². The van der Waals surface area contributed by atoms with Crippen LogP contribution in [0.2, 0.25) is 0 Å². The first-order valence-corrected chi connectivity index (χ1v) is 11.2. The van der Waals surface area contributed by atoms with Crippen molar-refractivity contribution in [2.75, 3.05) is 32.7 Å². The second-order valence-corrected chi connectivity index (χ2v) is 8.07. The molecule has 1 heterocycles. The zero-order valence-corrected chi connectivity index (χ0v) is 18.2. The lowest BCUT2D eigenvalue weighted by Gasteiger charge is -2.34. The third-order valence-electron chi connectivity index (χ3n) is 5.91. The van der Waals surface area contributed by atoms with Crippen molar-refractivity contribution in [1.82, 2.24) is 15.1 Å². The minimum absolute atomic E-state index is 0.0329. The van der Waals surface area contributed by atoms with Gasteiger partial charge in [0.05, 0.1) is 6.04 Å². The number of carbonyl (C=O) groups excluding carboxylic acids is 2. The lowest BCUT2D eigenvalue weighted by atomic mass is 9.98. The predicted octanol–water partition coefficient (Wildman–Crippen LogP) is 3.74. The Morgan fingerprint density at radius 1 is 0.719 bits per heavy atom. The Hall–Kier alpha value is -3.44. The van der Waals surface area contributed by atoms with Gasteiger partial charge in [0.25, 0.3) is 5.91 Å². The van der Waals surface area contributed by atoms with Crippen LogP contribution in [0.25, 0.3) is 0 Å². The van der Waals surface area contributed by atoms with E-state index in [1.807, 2.05) is 95.9 Å². The fraction of sp³-hybridized carbons (Fsp3) is 0.259. The SMILES string of the molecule is O=C(CCN1CCN(C(=O)c2ccccc2)CC1)NC(c1ccccc1)c1ccccc1. The summed E-state index contributed by atoms with van der Waals surface area (Å²) in [4.78, 5) is 29.6. The second-order valence-electron chi connectivity index (χ2n) is 8.07. The molecule has 3 aromatic rings. The monoisotopic (exact) mass is 427 g/mol. The molecule has 0 aromatic heterocycles. The number of hydrogen-bond acceptors (Lipinski definition) is 3. The maximum absolute atomic E-state index is 12.8.